The zero-order valence-corrected chi connectivity index (χ0v) is 9.75. The highest BCUT2D eigenvalue weighted by Crippen LogP contribution is 2.19. The molecule has 96 valence electrons. The van der Waals surface area contributed by atoms with Crippen LogP contribution in [0, 0.1) is 0 Å². The van der Waals surface area contributed by atoms with Crippen LogP contribution in [-0.4, -0.2) is 32.8 Å². The van der Waals surface area contributed by atoms with Crippen LogP contribution in [-0.2, 0) is 14.4 Å². The molecule has 1 aliphatic heterocycles. The number of imide groups is 1. The third kappa shape index (κ3) is 1.85. The maximum Gasteiger partial charge on any atom is 0.364 e. The second-order valence-electron chi connectivity index (χ2n) is 4.06. The molecule has 7 heteroatoms. The molecule has 2 aromatic rings. The first-order valence-electron chi connectivity index (χ1n) is 5.67. The third-order valence-corrected chi connectivity index (χ3v) is 2.86. The lowest BCUT2D eigenvalue weighted by atomic mass is 10.2. The minimum absolute atomic E-state index is 0.0715. The number of carbonyl (C=O) groups is 3. The second kappa shape index (κ2) is 4.20. The molecule has 0 saturated carbocycles. The number of fused-ring (bicyclic) bond motifs is 1. The maximum atomic E-state index is 12.0. The van der Waals surface area contributed by atoms with Crippen molar-refractivity contribution in [1.82, 2.24) is 15.0 Å². The molecule has 1 fully saturated rings. The van der Waals surface area contributed by atoms with Crippen molar-refractivity contribution in [2.75, 3.05) is 0 Å². The number of aromatic nitrogens is 2. The lowest BCUT2D eigenvalue weighted by Crippen LogP contribution is -2.32. The van der Waals surface area contributed by atoms with Crippen molar-refractivity contribution >= 4 is 28.8 Å². The standard InChI is InChI=1S/C12H9N3O4/c16-9-1-2-10(17)15(9)19-12(18)8-4-6-14-11-7(8)3-5-13-11/h3-6H,1-2H2,(H,13,14). The van der Waals surface area contributed by atoms with Gasteiger partial charge in [-0.2, -0.15) is 0 Å². The summed E-state index contributed by atoms with van der Waals surface area (Å²) in [4.78, 5) is 46.5. The van der Waals surface area contributed by atoms with E-state index < -0.39 is 17.8 Å². The van der Waals surface area contributed by atoms with Gasteiger partial charge in [0.1, 0.15) is 5.65 Å². The van der Waals surface area contributed by atoms with Crippen molar-refractivity contribution in [2.45, 2.75) is 12.8 Å². The summed E-state index contributed by atoms with van der Waals surface area (Å²) in [6.07, 6.45) is 3.23. The molecule has 2 aromatic heterocycles. The minimum atomic E-state index is -0.754. The highest BCUT2D eigenvalue weighted by atomic mass is 16.7. The average molecular weight is 259 g/mol. The Bertz CT molecular complexity index is 675. The fourth-order valence-electron chi connectivity index (χ4n) is 1.93. The molecule has 0 radical (unpaired) electrons. The number of H-pyrrole nitrogens is 1. The van der Waals surface area contributed by atoms with Gasteiger partial charge in [-0.3, -0.25) is 9.59 Å². The largest absolute Gasteiger partial charge is 0.364 e. The summed E-state index contributed by atoms with van der Waals surface area (Å²) in [5.41, 5.74) is 0.785. The predicted molar refractivity (Wildman–Crippen MR) is 62.6 cm³/mol. The first-order chi connectivity index (χ1) is 9.16. The fraction of sp³-hybridized carbons (Fsp3) is 0.167. The van der Waals surface area contributed by atoms with E-state index >= 15 is 0 Å². The van der Waals surface area contributed by atoms with Crippen molar-refractivity contribution < 1.29 is 19.2 Å². The average Bonchev–Trinajstić information content (AvgIpc) is 2.99. The summed E-state index contributed by atoms with van der Waals surface area (Å²) in [5, 5.41) is 1.10. The molecule has 0 atom stereocenters. The van der Waals surface area contributed by atoms with Crippen LogP contribution in [0.1, 0.15) is 23.2 Å². The zero-order chi connectivity index (χ0) is 13.4. The van der Waals surface area contributed by atoms with Crippen LogP contribution in [0.4, 0.5) is 0 Å². The first-order valence-corrected chi connectivity index (χ1v) is 5.67. The minimum Gasteiger partial charge on any atom is -0.346 e. The Balaban J connectivity index is 1.90. The van der Waals surface area contributed by atoms with Gasteiger partial charge >= 0.3 is 5.97 Å². The number of carbonyl (C=O) groups excluding carboxylic acids is 3. The summed E-state index contributed by atoms with van der Waals surface area (Å²) in [5.74, 6) is -1.76. The van der Waals surface area contributed by atoms with Gasteiger partial charge in [-0.25, -0.2) is 9.78 Å². The molecule has 3 heterocycles. The summed E-state index contributed by atoms with van der Waals surface area (Å²) in [6, 6.07) is 3.15. The molecular weight excluding hydrogens is 250 g/mol. The van der Waals surface area contributed by atoms with E-state index in [0.717, 1.165) is 0 Å². The molecule has 0 aromatic carbocycles. The van der Waals surface area contributed by atoms with Crippen LogP contribution in [0.5, 0.6) is 0 Å². The molecule has 1 aliphatic rings. The number of pyridine rings is 1. The van der Waals surface area contributed by atoms with Gasteiger partial charge in [0.15, 0.2) is 0 Å². The van der Waals surface area contributed by atoms with Crippen molar-refractivity contribution in [3.8, 4) is 0 Å². The molecule has 19 heavy (non-hydrogen) atoms. The van der Waals surface area contributed by atoms with Gasteiger partial charge in [0.05, 0.1) is 5.56 Å². The zero-order valence-electron chi connectivity index (χ0n) is 9.75. The van der Waals surface area contributed by atoms with E-state index in [2.05, 4.69) is 9.97 Å². The van der Waals surface area contributed by atoms with E-state index in [1.165, 1.54) is 12.3 Å². The number of amides is 2. The molecule has 0 bridgehead atoms. The van der Waals surface area contributed by atoms with Crippen molar-refractivity contribution in [1.29, 1.82) is 0 Å². The third-order valence-electron chi connectivity index (χ3n) is 2.86. The SMILES string of the molecule is O=C(ON1C(=O)CCC1=O)c1ccnc2[nH]ccc12. The molecule has 0 aliphatic carbocycles. The predicted octanol–water partition coefficient (Wildman–Crippen LogP) is 0.784. The summed E-state index contributed by atoms with van der Waals surface area (Å²) in [6.45, 7) is 0. The molecule has 2 amide bonds. The van der Waals surface area contributed by atoms with Gasteiger partial charge in [0.2, 0.25) is 0 Å². The van der Waals surface area contributed by atoms with Crippen molar-refractivity contribution in [3.05, 3.63) is 30.1 Å². The Morgan fingerprint density at radius 3 is 2.74 bits per heavy atom. The second-order valence-corrected chi connectivity index (χ2v) is 4.06. The summed E-state index contributed by atoms with van der Waals surface area (Å²) in [7, 11) is 0. The van der Waals surface area contributed by atoms with E-state index in [4.69, 9.17) is 4.84 Å². The Kier molecular flexibility index (Phi) is 2.52. The van der Waals surface area contributed by atoms with Gasteiger partial charge in [0, 0.05) is 30.6 Å². The lowest BCUT2D eigenvalue weighted by molar-refractivity contribution is -0.172. The number of hydrogen-bond donors (Lipinski definition) is 1. The number of aromatic amines is 1. The number of hydroxylamine groups is 2. The van der Waals surface area contributed by atoms with Gasteiger partial charge < -0.3 is 9.82 Å². The Morgan fingerprint density at radius 2 is 2.00 bits per heavy atom. The smallest absolute Gasteiger partial charge is 0.346 e. The van der Waals surface area contributed by atoms with Gasteiger partial charge in [-0.05, 0) is 12.1 Å². The molecule has 1 saturated heterocycles. The normalized spacial score (nSPS) is 15.3. The Hall–Kier alpha value is -2.70. The monoisotopic (exact) mass is 259 g/mol. The topological polar surface area (TPSA) is 92.4 Å². The number of nitrogens with one attached hydrogen (secondary N) is 1. The fourth-order valence-corrected chi connectivity index (χ4v) is 1.93. The van der Waals surface area contributed by atoms with E-state index in [1.807, 2.05) is 0 Å². The highest BCUT2D eigenvalue weighted by molar-refractivity contribution is 6.06. The summed E-state index contributed by atoms with van der Waals surface area (Å²) >= 11 is 0. The number of nitrogens with zero attached hydrogens (tertiary/aromatic N) is 2. The van der Waals surface area contributed by atoms with Crippen LogP contribution in [0.3, 0.4) is 0 Å². The maximum absolute atomic E-state index is 12.0. The van der Waals surface area contributed by atoms with Crippen LogP contribution < -0.4 is 0 Å². The van der Waals surface area contributed by atoms with Crippen LogP contribution in [0.2, 0.25) is 0 Å². The van der Waals surface area contributed by atoms with Gasteiger partial charge in [0.25, 0.3) is 11.8 Å². The Morgan fingerprint density at radius 1 is 1.26 bits per heavy atom. The van der Waals surface area contributed by atoms with Crippen molar-refractivity contribution in [3.63, 3.8) is 0 Å². The number of hydrogen-bond acceptors (Lipinski definition) is 5. The first kappa shape index (κ1) is 11.4. The molecule has 7 nitrogen and oxygen atoms in total. The highest BCUT2D eigenvalue weighted by Gasteiger charge is 2.33. The van der Waals surface area contributed by atoms with E-state index in [0.29, 0.717) is 16.1 Å². The molecular formula is C12H9N3O4. The molecule has 1 N–H and O–H groups in total. The number of rotatable bonds is 2. The van der Waals surface area contributed by atoms with Crippen LogP contribution in [0.25, 0.3) is 11.0 Å². The Labute approximate surface area is 107 Å². The lowest BCUT2D eigenvalue weighted by Gasteiger charge is -2.12. The van der Waals surface area contributed by atoms with E-state index in [9.17, 15) is 14.4 Å². The molecule has 0 spiro atoms. The van der Waals surface area contributed by atoms with Crippen LogP contribution >= 0.6 is 0 Å². The quantitative estimate of drug-likeness (QED) is 0.804. The van der Waals surface area contributed by atoms with Crippen LogP contribution in [0.15, 0.2) is 24.5 Å². The van der Waals surface area contributed by atoms with Crippen molar-refractivity contribution in [2.24, 2.45) is 0 Å². The summed E-state index contributed by atoms with van der Waals surface area (Å²) < 4.78 is 0. The van der Waals surface area contributed by atoms with E-state index in [-0.39, 0.29) is 18.4 Å². The van der Waals surface area contributed by atoms with Gasteiger partial charge in [-0.15, -0.1) is 5.06 Å². The van der Waals surface area contributed by atoms with Gasteiger partial charge in [-0.1, -0.05) is 0 Å². The molecule has 3 rings (SSSR count). The molecule has 0 unspecified atom stereocenters. The van der Waals surface area contributed by atoms with E-state index in [1.54, 1.807) is 12.3 Å².